The second-order valence-electron chi connectivity index (χ2n) is 13.6. The lowest BCUT2D eigenvalue weighted by atomic mass is 10.3. The number of urea groups is 2. The molecule has 4 N–H and O–H groups in total. The van der Waals surface area contributed by atoms with Gasteiger partial charge in [0.25, 0.3) is 0 Å². The molecule has 0 saturated carbocycles. The van der Waals surface area contributed by atoms with Crippen LogP contribution in [-0.2, 0) is 14.4 Å². The predicted octanol–water partition coefficient (Wildman–Crippen LogP) is 4.17. The molecule has 0 aliphatic heterocycles. The monoisotopic (exact) mass is 944 g/mol. The standard InChI is InChI=1S/C6H13NO.C5H12N2O.2C5H12N2S.C5H11NO.C4H10N2O.C4H10N2S.C4H7N.C3H6O/c1-4-6(8)7(3)5-2;1-4-7(3)5(8)6-2;1-6(2)5(8)7(3)4;1-4-7(3)5(8)6-2;1-4-6(3)5(2)7;2*1-5-4(7)6(2)3;1-4(2)3-5;1-3(2)4/h4-5H2,1-3H3;4H2,1-3H3,(H,6,8);1-4H3;4H2,1-3H3,(H,6,8);4H2,1-3H3;2*1-3H3,(H,5,7);4H,1-2H3;1-2H3. The fourth-order valence-corrected chi connectivity index (χ4v) is 2.31. The fourth-order valence-electron chi connectivity index (χ4n) is 2.19. The Kier molecular flexibility index (Phi) is 69.0. The van der Waals surface area contributed by atoms with Crippen molar-refractivity contribution in [1.82, 2.24) is 60.5 Å². The molecule has 21 heteroatoms. The minimum atomic E-state index is -0.0694. The van der Waals surface area contributed by atoms with E-state index in [1.807, 2.05) is 138 Å². The van der Waals surface area contributed by atoms with Crippen LogP contribution in [0.4, 0.5) is 9.59 Å². The van der Waals surface area contributed by atoms with Gasteiger partial charge in [0.2, 0.25) is 11.8 Å². The largest absolute Gasteiger partial charge is 0.366 e. The van der Waals surface area contributed by atoms with E-state index in [0.717, 1.165) is 41.5 Å². The maximum atomic E-state index is 10.7. The molecule has 62 heavy (non-hydrogen) atoms. The molecular formula is C41H93N13O5S3. The molecule has 0 spiro atoms. The van der Waals surface area contributed by atoms with Gasteiger partial charge in [0.1, 0.15) is 5.78 Å². The van der Waals surface area contributed by atoms with Gasteiger partial charge in [0, 0.05) is 158 Å². The predicted molar refractivity (Wildman–Crippen MR) is 276 cm³/mol. The Balaban J connectivity index is -0.0000000733. The van der Waals surface area contributed by atoms with Crippen molar-refractivity contribution >= 4 is 81.7 Å². The number of nitriles is 1. The highest BCUT2D eigenvalue weighted by Crippen LogP contribution is 1.87. The first-order valence-electron chi connectivity index (χ1n) is 20.1. The van der Waals surface area contributed by atoms with E-state index in [2.05, 4.69) is 28.2 Å². The zero-order chi connectivity index (χ0) is 51.9. The van der Waals surface area contributed by atoms with Crippen molar-refractivity contribution in [2.24, 2.45) is 5.92 Å². The quantitative estimate of drug-likeness (QED) is 0.288. The number of thiocarbonyl (C=S) groups is 3. The second-order valence-corrected chi connectivity index (χ2v) is 14.7. The summed E-state index contributed by atoms with van der Waals surface area (Å²) in [6, 6.07) is 1.92. The van der Waals surface area contributed by atoms with Crippen LogP contribution in [0, 0.1) is 17.2 Å². The number of hydrogen-bond acceptors (Lipinski definition) is 9. The van der Waals surface area contributed by atoms with Gasteiger partial charge in [-0.3, -0.25) is 9.59 Å². The third-order valence-electron chi connectivity index (χ3n) is 6.55. The van der Waals surface area contributed by atoms with Gasteiger partial charge in [-0.25, -0.2) is 9.59 Å². The third-order valence-corrected chi connectivity index (χ3v) is 8.36. The molecule has 0 bridgehead atoms. The molecule has 0 heterocycles. The van der Waals surface area contributed by atoms with Crippen LogP contribution in [-0.4, -0.2) is 223 Å². The van der Waals surface area contributed by atoms with Gasteiger partial charge in [-0.2, -0.15) is 5.26 Å². The second kappa shape index (κ2) is 54.7. The van der Waals surface area contributed by atoms with Crippen LogP contribution in [0.15, 0.2) is 0 Å². The Labute approximate surface area is 396 Å². The molecule has 0 radical (unpaired) electrons. The first-order valence-corrected chi connectivity index (χ1v) is 21.3. The van der Waals surface area contributed by atoms with E-state index in [1.165, 1.54) is 18.7 Å². The maximum absolute atomic E-state index is 10.7. The average Bonchev–Trinajstić information content (AvgIpc) is 3.24. The van der Waals surface area contributed by atoms with E-state index in [4.69, 9.17) is 41.9 Å². The summed E-state index contributed by atoms with van der Waals surface area (Å²) in [5, 5.41) is 21.0. The molecule has 0 atom stereocenters. The number of Topliss-reactive ketones (excluding diaryl/α,β-unsaturated/α-hetero) is 1. The highest BCUT2D eigenvalue weighted by Gasteiger charge is 2.01. The summed E-state index contributed by atoms with van der Waals surface area (Å²) >= 11 is 14.6. The molecule has 0 aromatic rings. The molecule has 0 aromatic heterocycles. The molecule has 18 nitrogen and oxygen atoms in total. The van der Waals surface area contributed by atoms with Crippen molar-refractivity contribution in [2.75, 3.05) is 139 Å². The Hall–Kier alpha value is -4.29. The molecule has 0 aliphatic rings. The van der Waals surface area contributed by atoms with Crippen molar-refractivity contribution in [1.29, 1.82) is 5.26 Å². The topological polar surface area (TPSA) is 183 Å². The minimum absolute atomic E-state index is 0.0347. The van der Waals surface area contributed by atoms with Gasteiger partial charge in [0.15, 0.2) is 15.3 Å². The van der Waals surface area contributed by atoms with Crippen molar-refractivity contribution in [2.45, 2.75) is 75.7 Å². The molecule has 0 saturated heterocycles. The lowest BCUT2D eigenvalue weighted by Gasteiger charge is -2.20. The molecule has 0 aliphatic carbocycles. The van der Waals surface area contributed by atoms with Gasteiger partial charge < -0.3 is 65.3 Å². The van der Waals surface area contributed by atoms with Crippen LogP contribution in [0.25, 0.3) is 0 Å². The van der Waals surface area contributed by atoms with E-state index in [0.29, 0.717) is 6.42 Å². The smallest absolute Gasteiger partial charge is 0.316 e. The average molecular weight is 944 g/mol. The first kappa shape index (κ1) is 78.2. The number of ketones is 1. The van der Waals surface area contributed by atoms with E-state index < -0.39 is 0 Å². The van der Waals surface area contributed by atoms with Crippen LogP contribution in [0.5, 0.6) is 0 Å². The van der Waals surface area contributed by atoms with Gasteiger partial charge in [-0.1, -0.05) is 6.92 Å². The molecule has 6 amide bonds. The normalized spacial score (nSPS) is 8.16. The van der Waals surface area contributed by atoms with Crippen LogP contribution in [0.1, 0.15) is 75.7 Å². The van der Waals surface area contributed by atoms with E-state index >= 15 is 0 Å². The molecule has 370 valence electrons. The number of amides is 6. The summed E-state index contributed by atoms with van der Waals surface area (Å²) in [6.45, 7) is 21.4. The summed E-state index contributed by atoms with van der Waals surface area (Å²) in [5.74, 6) is 0.699. The lowest BCUT2D eigenvalue weighted by molar-refractivity contribution is -0.129. The fraction of sp³-hybridized carbons (Fsp3) is 0.780. The molecule has 0 fully saturated rings. The Morgan fingerprint density at radius 3 is 0.855 bits per heavy atom. The van der Waals surface area contributed by atoms with E-state index in [9.17, 15) is 24.0 Å². The zero-order valence-corrected chi connectivity index (χ0v) is 46.4. The van der Waals surface area contributed by atoms with E-state index in [-0.39, 0.29) is 35.6 Å². The summed E-state index contributed by atoms with van der Waals surface area (Å²) in [7, 11) is 29.1. The van der Waals surface area contributed by atoms with E-state index in [1.54, 1.807) is 63.9 Å². The summed E-state index contributed by atoms with van der Waals surface area (Å²) in [4.78, 5) is 65.3. The maximum Gasteiger partial charge on any atom is 0.316 e. The first-order chi connectivity index (χ1) is 28.3. The highest BCUT2D eigenvalue weighted by molar-refractivity contribution is 7.80. The number of hydrogen-bond donors (Lipinski definition) is 4. The number of nitrogens with zero attached hydrogens (tertiary/aromatic N) is 9. The number of rotatable bonds is 5. The number of carbonyl (C=O) groups excluding carboxylic acids is 5. The van der Waals surface area contributed by atoms with Crippen molar-refractivity contribution in [3.8, 4) is 6.07 Å². The van der Waals surface area contributed by atoms with Gasteiger partial charge >= 0.3 is 12.1 Å². The summed E-state index contributed by atoms with van der Waals surface area (Å²) in [5.41, 5.74) is 0. The molecule has 0 unspecified atom stereocenters. The van der Waals surface area contributed by atoms with Crippen LogP contribution >= 0.6 is 36.7 Å². The highest BCUT2D eigenvalue weighted by atomic mass is 32.1. The zero-order valence-electron chi connectivity index (χ0n) is 43.9. The number of nitrogens with one attached hydrogen (secondary N) is 4. The van der Waals surface area contributed by atoms with Gasteiger partial charge in [-0.15, -0.1) is 0 Å². The van der Waals surface area contributed by atoms with Crippen LogP contribution in [0.3, 0.4) is 0 Å². The molecular weight excluding hydrogens is 851 g/mol. The minimum Gasteiger partial charge on any atom is -0.366 e. The Morgan fingerprint density at radius 1 is 0.500 bits per heavy atom. The number of carbonyl (C=O) groups is 5. The molecule has 0 rings (SSSR count). The van der Waals surface area contributed by atoms with Crippen molar-refractivity contribution in [3.05, 3.63) is 0 Å². The summed E-state index contributed by atoms with van der Waals surface area (Å²) < 4.78 is 0. The van der Waals surface area contributed by atoms with Crippen molar-refractivity contribution < 1.29 is 24.0 Å². The van der Waals surface area contributed by atoms with Crippen molar-refractivity contribution in [3.63, 3.8) is 0 Å². The van der Waals surface area contributed by atoms with Gasteiger partial charge in [0.05, 0.1) is 6.07 Å². The Bertz CT molecular complexity index is 1120. The summed E-state index contributed by atoms with van der Waals surface area (Å²) in [6.07, 6.45) is 0.615. The lowest BCUT2D eigenvalue weighted by Crippen LogP contribution is -2.34. The van der Waals surface area contributed by atoms with Crippen LogP contribution < -0.4 is 21.3 Å². The SMILES string of the molecule is CC(C)=O.CC(C)C#N.CCC(=O)N(C)CC.CCN(C)C(=O)NC.CCN(C)C(=S)NC.CCN(C)C(C)=O.CN(C)C(=S)N(C)C.CNC(=O)N(C)C.CNC(=S)N(C)C. The molecule has 0 aromatic carbocycles. The Morgan fingerprint density at radius 2 is 0.806 bits per heavy atom. The van der Waals surface area contributed by atoms with Gasteiger partial charge in [-0.05, 0) is 92.0 Å². The third kappa shape index (κ3) is 73.3. The van der Waals surface area contributed by atoms with Crippen LogP contribution in [0.2, 0.25) is 0 Å².